The molecule has 2 heterocycles. The van der Waals surface area contributed by atoms with Crippen LogP contribution in [-0.2, 0) is 10.0 Å². The van der Waals surface area contributed by atoms with Gasteiger partial charge >= 0.3 is 5.97 Å². The molecular formula is C15H15NO4S2. The molecule has 3 rings (SSSR count). The zero-order valence-corrected chi connectivity index (χ0v) is 13.3. The second-order valence-electron chi connectivity index (χ2n) is 5.16. The minimum Gasteiger partial charge on any atom is -0.478 e. The Morgan fingerprint density at radius 2 is 1.95 bits per heavy atom. The standard InChI is InChI=1S/C15H15NO4S2/c17-15(18)11-3-5-13(6-4-11)22(19,20)16-8-1-2-14(16)12-7-9-21-10-12/h3-7,9-10,14H,1-2,8H2,(H,17,18). The predicted octanol–water partition coefficient (Wildman–Crippen LogP) is 2.97. The van der Waals surface area contributed by atoms with Crippen LogP contribution in [0.4, 0.5) is 0 Å². The van der Waals surface area contributed by atoms with E-state index in [0.29, 0.717) is 6.54 Å². The summed E-state index contributed by atoms with van der Waals surface area (Å²) < 4.78 is 27.1. The van der Waals surface area contributed by atoms with Gasteiger partial charge in [-0.3, -0.25) is 0 Å². The van der Waals surface area contributed by atoms with E-state index in [2.05, 4.69) is 0 Å². The van der Waals surface area contributed by atoms with Gasteiger partial charge in [0.1, 0.15) is 0 Å². The van der Waals surface area contributed by atoms with Crippen molar-refractivity contribution in [3.63, 3.8) is 0 Å². The van der Waals surface area contributed by atoms with Crippen LogP contribution in [0, 0.1) is 0 Å². The zero-order chi connectivity index (χ0) is 15.7. The molecule has 0 amide bonds. The van der Waals surface area contributed by atoms with Gasteiger partial charge in [0.2, 0.25) is 10.0 Å². The molecule has 1 atom stereocenters. The van der Waals surface area contributed by atoms with Gasteiger partial charge < -0.3 is 5.11 Å². The summed E-state index contributed by atoms with van der Waals surface area (Å²) in [6.07, 6.45) is 1.64. The van der Waals surface area contributed by atoms with E-state index in [0.717, 1.165) is 18.4 Å². The van der Waals surface area contributed by atoms with Gasteiger partial charge in [0.25, 0.3) is 0 Å². The molecule has 1 N–H and O–H groups in total. The number of nitrogens with zero attached hydrogens (tertiary/aromatic N) is 1. The van der Waals surface area contributed by atoms with E-state index in [9.17, 15) is 13.2 Å². The summed E-state index contributed by atoms with van der Waals surface area (Å²) in [5, 5.41) is 12.8. The van der Waals surface area contributed by atoms with Crippen LogP contribution in [0.15, 0.2) is 46.0 Å². The number of aromatic carboxylic acids is 1. The lowest BCUT2D eigenvalue weighted by Gasteiger charge is -2.23. The van der Waals surface area contributed by atoms with Crippen molar-refractivity contribution in [2.75, 3.05) is 6.54 Å². The minimum atomic E-state index is -3.61. The van der Waals surface area contributed by atoms with Crippen LogP contribution < -0.4 is 0 Å². The fourth-order valence-electron chi connectivity index (χ4n) is 2.73. The molecule has 0 radical (unpaired) electrons. The van der Waals surface area contributed by atoms with Crippen LogP contribution >= 0.6 is 11.3 Å². The number of sulfonamides is 1. The van der Waals surface area contributed by atoms with Crippen molar-refractivity contribution in [3.05, 3.63) is 52.2 Å². The first kappa shape index (κ1) is 15.2. The molecule has 22 heavy (non-hydrogen) atoms. The van der Waals surface area contributed by atoms with Crippen molar-refractivity contribution in [1.29, 1.82) is 0 Å². The van der Waals surface area contributed by atoms with E-state index >= 15 is 0 Å². The molecule has 5 nitrogen and oxygen atoms in total. The molecule has 0 bridgehead atoms. The van der Waals surface area contributed by atoms with E-state index in [-0.39, 0.29) is 16.5 Å². The highest BCUT2D eigenvalue weighted by Gasteiger charge is 2.36. The monoisotopic (exact) mass is 337 g/mol. The predicted molar refractivity (Wildman–Crippen MR) is 83.6 cm³/mol. The second kappa shape index (κ2) is 5.83. The molecule has 116 valence electrons. The van der Waals surface area contributed by atoms with Crippen molar-refractivity contribution in [3.8, 4) is 0 Å². The van der Waals surface area contributed by atoms with Crippen molar-refractivity contribution in [1.82, 2.24) is 4.31 Å². The lowest BCUT2D eigenvalue weighted by atomic mass is 10.1. The van der Waals surface area contributed by atoms with Crippen LogP contribution in [0.5, 0.6) is 0 Å². The highest BCUT2D eigenvalue weighted by molar-refractivity contribution is 7.89. The first-order valence-corrected chi connectivity index (χ1v) is 9.26. The Labute approximate surface area is 132 Å². The summed E-state index contributed by atoms with van der Waals surface area (Å²) >= 11 is 1.55. The Morgan fingerprint density at radius 3 is 2.55 bits per heavy atom. The Balaban J connectivity index is 1.93. The van der Waals surface area contributed by atoms with E-state index in [4.69, 9.17) is 5.11 Å². The summed E-state index contributed by atoms with van der Waals surface area (Å²) in [6, 6.07) is 7.20. The first-order chi connectivity index (χ1) is 10.5. The third-order valence-corrected chi connectivity index (χ3v) is 6.46. The number of thiophene rings is 1. The molecule has 1 unspecified atom stereocenters. The number of benzene rings is 1. The molecule has 0 saturated carbocycles. The lowest BCUT2D eigenvalue weighted by Crippen LogP contribution is -2.30. The lowest BCUT2D eigenvalue weighted by molar-refractivity contribution is 0.0696. The SMILES string of the molecule is O=C(O)c1ccc(S(=O)(=O)N2CCCC2c2ccsc2)cc1. The molecule has 1 aliphatic heterocycles. The normalized spacial score (nSPS) is 19.4. The molecule has 1 fully saturated rings. The maximum Gasteiger partial charge on any atom is 0.335 e. The van der Waals surface area contributed by atoms with E-state index < -0.39 is 16.0 Å². The van der Waals surface area contributed by atoms with Gasteiger partial charge in [-0.25, -0.2) is 13.2 Å². The van der Waals surface area contributed by atoms with E-state index in [1.165, 1.54) is 28.6 Å². The quantitative estimate of drug-likeness (QED) is 0.931. The van der Waals surface area contributed by atoms with Gasteiger partial charge in [0, 0.05) is 6.54 Å². The van der Waals surface area contributed by atoms with Crippen LogP contribution in [-0.4, -0.2) is 30.3 Å². The van der Waals surface area contributed by atoms with Gasteiger partial charge in [0.15, 0.2) is 0 Å². The van der Waals surface area contributed by atoms with E-state index in [1.807, 2.05) is 16.8 Å². The summed E-state index contributed by atoms with van der Waals surface area (Å²) in [5.74, 6) is -1.07. The second-order valence-corrected chi connectivity index (χ2v) is 7.83. The zero-order valence-electron chi connectivity index (χ0n) is 11.7. The summed E-state index contributed by atoms with van der Waals surface area (Å²) in [5.41, 5.74) is 1.10. The maximum atomic E-state index is 12.8. The average Bonchev–Trinajstić information content (AvgIpc) is 3.18. The Bertz CT molecular complexity index is 766. The number of carbonyl (C=O) groups is 1. The van der Waals surface area contributed by atoms with Crippen LogP contribution in [0.1, 0.15) is 34.8 Å². The van der Waals surface area contributed by atoms with Crippen molar-refractivity contribution in [2.24, 2.45) is 0 Å². The number of rotatable bonds is 4. The van der Waals surface area contributed by atoms with E-state index in [1.54, 1.807) is 11.3 Å². The number of carboxylic acid groups (broad SMARTS) is 1. The summed E-state index contributed by atoms with van der Waals surface area (Å²) in [4.78, 5) is 11.0. The Hall–Kier alpha value is -1.70. The number of hydrogen-bond acceptors (Lipinski definition) is 4. The van der Waals surface area contributed by atoms with Crippen molar-refractivity contribution >= 4 is 27.3 Å². The van der Waals surface area contributed by atoms with Gasteiger partial charge in [-0.15, -0.1) is 0 Å². The molecule has 1 aliphatic rings. The molecule has 7 heteroatoms. The maximum absolute atomic E-state index is 12.8. The minimum absolute atomic E-state index is 0.0785. The fraction of sp³-hybridized carbons (Fsp3) is 0.267. The highest BCUT2D eigenvalue weighted by Crippen LogP contribution is 2.37. The van der Waals surface area contributed by atoms with Gasteiger partial charge in [-0.2, -0.15) is 15.6 Å². The largest absolute Gasteiger partial charge is 0.478 e. The molecule has 1 aromatic carbocycles. The third kappa shape index (κ3) is 2.67. The Morgan fingerprint density at radius 1 is 1.23 bits per heavy atom. The molecule has 0 aliphatic carbocycles. The van der Waals surface area contributed by atoms with Crippen molar-refractivity contribution in [2.45, 2.75) is 23.8 Å². The van der Waals surface area contributed by atoms with Gasteiger partial charge in [-0.1, -0.05) is 0 Å². The molecule has 1 saturated heterocycles. The third-order valence-electron chi connectivity index (χ3n) is 3.84. The first-order valence-electron chi connectivity index (χ1n) is 6.87. The van der Waals surface area contributed by atoms with Gasteiger partial charge in [0.05, 0.1) is 16.5 Å². The highest BCUT2D eigenvalue weighted by atomic mass is 32.2. The van der Waals surface area contributed by atoms with Crippen LogP contribution in [0.25, 0.3) is 0 Å². The topological polar surface area (TPSA) is 74.7 Å². The Kier molecular flexibility index (Phi) is 4.03. The smallest absolute Gasteiger partial charge is 0.335 e. The number of hydrogen-bond donors (Lipinski definition) is 1. The average molecular weight is 337 g/mol. The van der Waals surface area contributed by atoms with Crippen LogP contribution in [0.3, 0.4) is 0 Å². The summed E-state index contributed by atoms with van der Waals surface area (Å²) in [7, 11) is -3.61. The molecule has 1 aromatic heterocycles. The summed E-state index contributed by atoms with van der Waals surface area (Å²) in [6.45, 7) is 0.490. The fourth-order valence-corrected chi connectivity index (χ4v) is 5.12. The van der Waals surface area contributed by atoms with Crippen molar-refractivity contribution < 1.29 is 18.3 Å². The molecule has 0 spiro atoms. The molecular weight excluding hydrogens is 322 g/mol. The van der Waals surface area contributed by atoms with Gasteiger partial charge in [-0.05, 0) is 59.5 Å². The number of carboxylic acids is 1. The molecule has 2 aromatic rings. The van der Waals surface area contributed by atoms with Crippen LogP contribution in [0.2, 0.25) is 0 Å².